The van der Waals surface area contributed by atoms with E-state index in [1.807, 2.05) is 37.3 Å². The lowest BCUT2D eigenvalue weighted by molar-refractivity contribution is -0.0512. The molecule has 3 aromatic rings. The molecule has 0 aliphatic heterocycles. The van der Waals surface area contributed by atoms with Crippen molar-refractivity contribution >= 4 is 0 Å². The smallest absolute Gasteiger partial charge is 0.387 e. The molecule has 0 aliphatic carbocycles. The molecule has 0 saturated heterocycles. The van der Waals surface area contributed by atoms with Gasteiger partial charge in [-0.05, 0) is 30.2 Å². The highest BCUT2D eigenvalue weighted by atomic mass is 19.3. The Labute approximate surface area is 161 Å². The van der Waals surface area contributed by atoms with Crippen molar-refractivity contribution in [3.8, 4) is 11.5 Å². The lowest BCUT2D eigenvalue weighted by atomic mass is 10.1. The minimum Gasteiger partial charge on any atom is -0.493 e. The van der Waals surface area contributed by atoms with Crippen molar-refractivity contribution in [3.05, 3.63) is 71.4 Å². The van der Waals surface area contributed by atoms with Gasteiger partial charge >= 0.3 is 6.61 Å². The minimum atomic E-state index is -2.90. The zero-order valence-electron chi connectivity index (χ0n) is 15.6. The van der Waals surface area contributed by atoms with Gasteiger partial charge in [-0.3, -0.25) is 0 Å². The minimum absolute atomic E-state index is 0.00301. The van der Waals surface area contributed by atoms with E-state index in [0.717, 1.165) is 11.1 Å². The molecule has 0 amide bonds. The van der Waals surface area contributed by atoms with Crippen molar-refractivity contribution in [3.63, 3.8) is 0 Å². The maximum atomic E-state index is 12.4. The van der Waals surface area contributed by atoms with Gasteiger partial charge in [-0.2, -0.15) is 13.8 Å². The number of methoxy groups -OCH3 is 1. The van der Waals surface area contributed by atoms with E-state index in [9.17, 15) is 8.78 Å². The van der Waals surface area contributed by atoms with Gasteiger partial charge in [-0.1, -0.05) is 41.6 Å². The number of nitrogens with one attached hydrogen (secondary N) is 1. The van der Waals surface area contributed by atoms with Gasteiger partial charge in [0.2, 0.25) is 5.89 Å². The molecular weight excluding hydrogens is 368 g/mol. The predicted molar refractivity (Wildman–Crippen MR) is 98.4 cm³/mol. The molecule has 3 rings (SSSR count). The maximum Gasteiger partial charge on any atom is 0.387 e. The van der Waals surface area contributed by atoms with Crippen LogP contribution in [0.2, 0.25) is 0 Å². The highest BCUT2D eigenvalue weighted by molar-refractivity contribution is 5.43. The van der Waals surface area contributed by atoms with Crippen molar-refractivity contribution in [2.75, 3.05) is 7.11 Å². The molecule has 2 aromatic carbocycles. The first-order chi connectivity index (χ1) is 13.5. The largest absolute Gasteiger partial charge is 0.493 e. The average molecular weight is 389 g/mol. The van der Waals surface area contributed by atoms with E-state index in [-0.39, 0.29) is 17.5 Å². The molecule has 0 spiro atoms. The SMILES string of the molecule is COc1cc(CNC(C)c2nc(Cc3ccccc3)no2)ccc1OC(F)F. The first-order valence-corrected chi connectivity index (χ1v) is 8.76. The molecule has 1 atom stereocenters. The molecule has 1 aromatic heterocycles. The normalized spacial score (nSPS) is 12.2. The second-order valence-corrected chi connectivity index (χ2v) is 6.18. The molecule has 1 heterocycles. The maximum absolute atomic E-state index is 12.4. The van der Waals surface area contributed by atoms with E-state index in [4.69, 9.17) is 9.26 Å². The first kappa shape index (κ1) is 19.8. The van der Waals surface area contributed by atoms with E-state index in [2.05, 4.69) is 20.2 Å². The fraction of sp³-hybridized carbons (Fsp3) is 0.300. The van der Waals surface area contributed by atoms with Crippen LogP contribution in [0, 0.1) is 0 Å². The van der Waals surface area contributed by atoms with Gasteiger partial charge in [-0.15, -0.1) is 0 Å². The summed E-state index contributed by atoms with van der Waals surface area (Å²) in [6, 6.07) is 14.5. The Morgan fingerprint density at radius 3 is 2.57 bits per heavy atom. The highest BCUT2D eigenvalue weighted by Crippen LogP contribution is 2.29. The monoisotopic (exact) mass is 389 g/mol. The van der Waals surface area contributed by atoms with Crippen molar-refractivity contribution in [1.82, 2.24) is 15.5 Å². The molecule has 1 N–H and O–H groups in total. The summed E-state index contributed by atoms with van der Waals surface area (Å²) < 4.78 is 39.7. The van der Waals surface area contributed by atoms with Crippen molar-refractivity contribution in [2.45, 2.75) is 32.5 Å². The van der Waals surface area contributed by atoms with Crippen LogP contribution in [0.4, 0.5) is 8.78 Å². The number of alkyl halides is 2. The number of hydrogen-bond donors (Lipinski definition) is 1. The molecule has 0 radical (unpaired) electrons. The Morgan fingerprint density at radius 2 is 1.86 bits per heavy atom. The van der Waals surface area contributed by atoms with Gasteiger partial charge in [0.05, 0.1) is 13.2 Å². The zero-order valence-corrected chi connectivity index (χ0v) is 15.6. The quantitative estimate of drug-likeness (QED) is 0.594. The summed E-state index contributed by atoms with van der Waals surface area (Å²) in [7, 11) is 1.40. The van der Waals surface area contributed by atoms with Crippen LogP contribution >= 0.6 is 0 Å². The Balaban J connectivity index is 1.59. The van der Waals surface area contributed by atoms with Gasteiger partial charge < -0.3 is 19.3 Å². The number of halogens is 2. The lowest BCUT2D eigenvalue weighted by Gasteiger charge is -2.13. The second-order valence-electron chi connectivity index (χ2n) is 6.18. The van der Waals surface area contributed by atoms with Crippen LogP contribution in [0.1, 0.15) is 35.8 Å². The van der Waals surface area contributed by atoms with Crippen molar-refractivity contribution in [1.29, 1.82) is 0 Å². The number of benzene rings is 2. The highest BCUT2D eigenvalue weighted by Gasteiger charge is 2.15. The van der Waals surface area contributed by atoms with E-state index >= 15 is 0 Å². The van der Waals surface area contributed by atoms with Crippen LogP contribution in [-0.4, -0.2) is 23.9 Å². The standard InChI is InChI=1S/C20H21F2N3O3/c1-13(19-24-18(25-28-19)11-14-6-4-3-5-7-14)23-12-15-8-9-16(27-20(21)22)17(10-15)26-2/h3-10,13,20,23H,11-12H2,1-2H3. The molecule has 0 aliphatic rings. The fourth-order valence-electron chi connectivity index (χ4n) is 2.67. The molecule has 0 saturated carbocycles. The fourth-order valence-corrected chi connectivity index (χ4v) is 2.67. The molecule has 28 heavy (non-hydrogen) atoms. The third kappa shape index (κ3) is 5.26. The Morgan fingerprint density at radius 1 is 1.07 bits per heavy atom. The zero-order chi connectivity index (χ0) is 19.9. The first-order valence-electron chi connectivity index (χ1n) is 8.76. The summed E-state index contributed by atoms with van der Waals surface area (Å²) in [5.74, 6) is 1.34. The Hall–Kier alpha value is -3.00. The summed E-state index contributed by atoms with van der Waals surface area (Å²) in [6.45, 7) is -0.533. The topological polar surface area (TPSA) is 69.4 Å². The molecule has 8 heteroatoms. The molecule has 6 nitrogen and oxygen atoms in total. The number of ether oxygens (including phenoxy) is 2. The van der Waals surface area contributed by atoms with Gasteiger partial charge in [0.25, 0.3) is 0 Å². The van der Waals surface area contributed by atoms with Crippen LogP contribution < -0.4 is 14.8 Å². The summed E-state index contributed by atoms with van der Waals surface area (Å²) in [6.07, 6.45) is 0.597. The average Bonchev–Trinajstić information content (AvgIpc) is 3.16. The van der Waals surface area contributed by atoms with E-state index in [1.54, 1.807) is 12.1 Å². The summed E-state index contributed by atoms with van der Waals surface area (Å²) >= 11 is 0. The van der Waals surface area contributed by atoms with Crippen LogP contribution in [0.3, 0.4) is 0 Å². The van der Waals surface area contributed by atoms with E-state index in [0.29, 0.717) is 24.7 Å². The van der Waals surface area contributed by atoms with Crippen molar-refractivity contribution < 1.29 is 22.8 Å². The molecule has 0 bridgehead atoms. The number of hydrogen-bond acceptors (Lipinski definition) is 6. The molecule has 148 valence electrons. The third-order valence-electron chi connectivity index (χ3n) is 4.12. The van der Waals surface area contributed by atoms with Crippen LogP contribution in [0.15, 0.2) is 53.1 Å². The van der Waals surface area contributed by atoms with Gasteiger partial charge in [-0.25, -0.2) is 0 Å². The van der Waals surface area contributed by atoms with Gasteiger partial charge in [0.15, 0.2) is 17.3 Å². The van der Waals surface area contributed by atoms with E-state index in [1.165, 1.54) is 13.2 Å². The number of nitrogens with zero attached hydrogens (tertiary/aromatic N) is 2. The van der Waals surface area contributed by atoms with Crippen LogP contribution in [0.5, 0.6) is 11.5 Å². The van der Waals surface area contributed by atoms with E-state index < -0.39 is 6.61 Å². The number of rotatable bonds is 9. The Bertz CT molecular complexity index is 887. The summed E-state index contributed by atoms with van der Waals surface area (Å²) in [4.78, 5) is 4.43. The van der Waals surface area contributed by atoms with Gasteiger partial charge in [0, 0.05) is 13.0 Å². The number of aromatic nitrogens is 2. The summed E-state index contributed by atoms with van der Waals surface area (Å²) in [5.41, 5.74) is 1.95. The third-order valence-corrected chi connectivity index (χ3v) is 4.12. The summed E-state index contributed by atoms with van der Waals surface area (Å²) in [5, 5.41) is 7.28. The van der Waals surface area contributed by atoms with Crippen LogP contribution in [0.25, 0.3) is 0 Å². The molecular formula is C20H21F2N3O3. The molecule has 0 fully saturated rings. The van der Waals surface area contributed by atoms with Crippen LogP contribution in [-0.2, 0) is 13.0 Å². The molecule has 1 unspecified atom stereocenters. The second kappa shape index (κ2) is 9.27. The lowest BCUT2D eigenvalue weighted by Crippen LogP contribution is -2.18. The van der Waals surface area contributed by atoms with Crippen molar-refractivity contribution in [2.24, 2.45) is 0 Å². The van der Waals surface area contributed by atoms with Gasteiger partial charge in [0.1, 0.15) is 0 Å². The predicted octanol–water partition coefficient (Wildman–Crippen LogP) is 4.12. The Kier molecular flexibility index (Phi) is 6.54.